The van der Waals surface area contributed by atoms with Crippen LogP contribution in [0.25, 0.3) is 11.0 Å². The molecule has 0 aliphatic carbocycles. The van der Waals surface area contributed by atoms with Crippen LogP contribution in [0, 0.1) is 12.8 Å². The van der Waals surface area contributed by atoms with Crippen LogP contribution in [-0.2, 0) is 0 Å². The fourth-order valence-electron chi connectivity index (χ4n) is 2.45. The third-order valence-corrected chi connectivity index (χ3v) is 3.52. The molecule has 0 spiro atoms. The van der Waals surface area contributed by atoms with E-state index in [9.17, 15) is 0 Å². The second kappa shape index (κ2) is 6.25. The Bertz CT molecular complexity index is 527. The summed E-state index contributed by atoms with van der Waals surface area (Å²) in [5.41, 5.74) is 2.27. The largest absolute Gasteiger partial charge is 0.459 e. The van der Waals surface area contributed by atoms with Gasteiger partial charge in [0.2, 0.25) is 0 Å². The number of hydrogen-bond donors (Lipinski definition) is 1. The highest BCUT2D eigenvalue weighted by molar-refractivity contribution is 5.78. The van der Waals surface area contributed by atoms with Crippen molar-refractivity contribution >= 4 is 11.0 Å². The molecule has 2 rings (SSSR count). The number of benzene rings is 1. The summed E-state index contributed by atoms with van der Waals surface area (Å²) in [6.07, 6.45) is 2.35. The Balaban J connectivity index is 2.22. The Hall–Kier alpha value is -1.28. The average Bonchev–Trinajstić information content (AvgIpc) is 2.76. The molecule has 0 aliphatic rings. The third-order valence-electron chi connectivity index (χ3n) is 3.52. The molecule has 0 fully saturated rings. The third kappa shape index (κ3) is 3.60. The van der Waals surface area contributed by atoms with Gasteiger partial charge >= 0.3 is 0 Å². The molecular formula is C17H25NO. The summed E-state index contributed by atoms with van der Waals surface area (Å²) in [6.45, 7) is 9.77. The van der Waals surface area contributed by atoms with Crippen molar-refractivity contribution in [1.29, 1.82) is 0 Å². The van der Waals surface area contributed by atoms with E-state index in [1.807, 2.05) is 0 Å². The minimum absolute atomic E-state index is 0.333. The summed E-state index contributed by atoms with van der Waals surface area (Å²) >= 11 is 0. The Morgan fingerprint density at radius 1 is 1.16 bits per heavy atom. The van der Waals surface area contributed by atoms with Crippen molar-refractivity contribution in [3.8, 4) is 0 Å². The zero-order chi connectivity index (χ0) is 13.8. The van der Waals surface area contributed by atoms with Crippen molar-refractivity contribution in [3.63, 3.8) is 0 Å². The number of rotatable bonds is 6. The van der Waals surface area contributed by atoms with Gasteiger partial charge in [-0.3, -0.25) is 0 Å². The van der Waals surface area contributed by atoms with Crippen LogP contribution < -0.4 is 5.32 Å². The Morgan fingerprint density at radius 2 is 1.95 bits per heavy atom. The van der Waals surface area contributed by atoms with Crippen LogP contribution in [0.4, 0.5) is 0 Å². The zero-order valence-electron chi connectivity index (χ0n) is 12.5. The maximum atomic E-state index is 6.01. The first-order valence-corrected chi connectivity index (χ1v) is 7.33. The van der Waals surface area contributed by atoms with Crippen LogP contribution in [0.3, 0.4) is 0 Å². The maximum Gasteiger partial charge on any atom is 0.134 e. The lowest BCUT2D eigenvalue weighted by molar-refractivity contribution is 0.388. The van der Waals surface area contributed by atoms with E-state index in [0.29, 0.717) is 6.04 Å². The number of nitrogens with one attached hydrogen (secondary N) is 1. The van der Waals surface area contributed by atoms with Crippen LogP contribution in [-0.4, -0.2) is 6.54 Å². The summed E-state index contributed by atoms with van der Waals surface area (Å²) in [5, 5.41) is 4.75. The fourth-order valence-corrected chi connectivity index (χ4v) is 2.45. The van der Waals surface area contributed by atoms with Gasteiger partial charge in [-0.05, 0) is 50.4 Å². The van der Waals surface area contributed by atoms with Crippen molar-refractivity contribution in [2.24, 2.45) is 5.92 Å². The van der Waals surface area contributed by atoms with Gasteiger partial charge in [0.1, 0.15) is 11.3 Å². The molecular weight excluding hydrogens is 234 g/mol. The van der Waals surface area contributed by atoms with E-state index in [4.69, 9.17) is 4.42 Å². The van der Waals surface area contributed by atoms with Crippen LogP contribution in [0.5, 0.6) is 0 Å². The molecule has 19 heavy (non-hydrogen) atoms. The Labute approximate surface area is 116 Å². The van der Waals surface area contributed by atoms with E-state index in [-0.39, 0.29) is 0 Å². The molecule has 0 aliphatic heterocycles. The van der Waals surface area contributed by atoms with Crippen molar-refractivity contribution in [2.45, 2.75) is 46.6 Å². The first-order valence-electron chi connectivity index (χ1n) is 7.33. The lowest BCUT2D eigenvalue weighted by Gasteiger charge is -2.16. The van der Waals surface area contributed by atoms with Crippen LogP contribution >= 0.6 is 0 Å². The topological polar surface area (TPSA) is 25.2 Å². The summed E-state index contributed by atoms with van der Waals surface area (Å²) in [4.78, 5) is 0. The summed E-state index contributed by atoms with van der Waals surface area (Å²) in [7, 11) is 0. The van der Waals surface area contributed by atoms with Gasteiger partial charge in [0.25, 0.3) is 0 Å². The summed E-state index contributed by atoms with van der Waals surface area (Å²) in [6, 6.07) is 8.88. The molecule has 2 heteroatoms. The molecule has 1 aromatic heterocycles. The Kier molecular flexibility index (Phi) is 4.65. The minimum atomic E-state index is 0.333. The van der Waals surface area contributed by atoms with Crippen molar-refractivity contribution < 1.29 is 4.42 Å². The average molecular weight is 259 g/mol. The van der Waals surface area contributed by atoms with Gasteiger partial charge in [-0.2, -0.15) is 0 Å². The number of aryl methyl sites for hydroxylation is 1. The van der Waals surface area contributed by atoms with Crippen molar-refractivity contribution in [2.75, 3.05) is 6.54 Å². The fraction of sp³-hybridized carbons (Fsp3) is 0.529. The van der Waals surface area contributed by atoms with Crippen LogP contribution in [0.15, 0.2) is 28.7 Å². The van der Waals surface area contributed by atoms with Crippen LogP contribution in [0.2, 0.25) is 0 Å². The SMILES string of the molecule is CCNC(CCC(C)C)c1cc2cc(C)ccc2o1. The highest BCUT2D eigenvalue weighted by Crippen LogP contribution is 2.28. The zero-order valence-corrected chi connectivity index (χ0v) is 12.5. The predicted octanol–water partition coefficient (Wildman–Crippen LogP) is 4.83. The molecule has 0 radical (unpaired) electrons. The van der Waals surface area contributed by atoms with Gasteiger partial charge in [0.05, 0.1) is 6.04 Å². The molecule has 1 N–H and O–H groups in total. The minimum Gasteiger partial charge on any atom is -0.459 e. The van der Waals surface area contributed by atoms with E-state index in [2.05, 4.69) is 57.3 Å². The maximum absolute atomic E-state index is 6.01. The van der Waals surface area contributed by atoms with E-state index < -0.39 is 0 Å². The molecule has 2 aromatic rings. The van der Waals surface area contributed by atoms with Crippen molar-refractivity contribution in [1.82, 2.24) is 5.32 Å². The van der Waals surface area contributed by atoms with Crippen molar-refractivity contribution in [3.05, 3.63) is 35.6 Å². The van der Waals surface area contributed by atoms with Gasteiger partial charge in [0, 0.05) is 5.39 Å². The molecule has 0 saturated heterocycles. The first kappa shape index (κ1) is 14.1. The van der Waals surface area contributed by atoms with E-state index in [0.717, 1.165) is 30.2 Å². The van der Waals surface area contributed by atoms with E-state index >= 15 is 0 Å². The molecule has 0 saturated carbocycles. The lowest BCUT2D eigenvalue weighted by Crippen LogP contribution is -2.20. The van der Waals surface area contributed by atoms with E-state index in [1.165, 1.54) is 17.4 Å². The molecule has 1 atom stereocenters. The summed E-state index contributed by atoms with van der Waals surface area (Å²) in [5.74, 6) is 1.80. The standard InChI is InChI=1S/C17H25NO/c1-5-18-15(8-6-12(2)3)17-11-14-10-13(4)7-9-16(14)19-17/h7,9-12,15,18H,5-6,8H2,1-4H3. The molecule has 1 heterocycles. The molecule has 0 amide bonds. The van der Waals surface area contributed by atoms with E-state index in [1.54, 1.807) is 0 Å². The lowest BCUT2D eigenvalue weighted by atomic mass is 10.0. The summed E-state index contributed by atoms with van der Waals surface area (Å²) < 4.78 is 6.01. The highest BCUT2D eigenvalue weighted by Gasteiger charge is 2.15. The van der Waals surface area contributed by atoms with Gasteiger partial charge < -0.3 is 9.73 Å². The molecule has 104 valence electrons. The van der Waals surface area contributed by atoms with Gasteiger partial charge in [0.15, 0.2) is 0 Å². The smallest absolute Gasteiger partial charge is 0.134 e. The molecule has 0 bridgehead atoms. The predicted molar refractivity (Wildman–Crippen MR) is 81.4 cm³/mol. The monoisotopic (exact) mass is 259 g/mol. The second-order valence-corrected chi connectivity index (χ2v) is 5.77. The second-order valence-electron chi connectivity index (χ2n) is 5.77. The number of fused-ring (bicyclic) bond motifs is 1. The molecule has 2 nitrogen and oxygen atoms in total. The van der Waals surface area contributed by atoms with Crippen LogP contribution in [0.1, 0.15) is 51.0 Å². The van der Waals surface area contributed by atoms with Gasteiger partial charge in [-0.25, -0.2) is 0 Å². The normalized spacial score (nSPS) is 13.3. The quantitative estimate of drug-likeness (QED) is 0.804. The first-order chi connectivity index (χ1) is 9.10. The number of hydrogen-bond acceptors (Lipinski definition) is 2. The molecule has 1 unspecified atom stereocenters. The van der Waals surface area contributed by atoms with Gasteiger partial charge in [-0.15, -0.1) is 0 Å². The molecule has 1 aromatic carbocycles. The number of furan rings is 1. The van der Waals surface area contributed by atoms with Gasteiger partial charge in [-0.1, -0.05) is 32.4 Å². The Morgan fingerprint density at radius 3 is 2.63 bits per heavy atom. The highest BCUT2D eigenvalue weighted by atomic mass is 16.3.